The van der Waals surface area contributed by atoms with Gasteiger partial charge < -0.3 is 5.73 Å². The first-order chi connectivity index (χ1) is 6.54. The van der Waals surface area contributed by atoms with Crippen LogP contribution in [0.1, 0.15) is 27.2 Å². The Morgan fingerprint density at radius 1 is 1.71 bits per heavy atom. The molecule has 0 aromatic rings. The van der Waals surface area contributed by atoms with Gasteiger partial charge in [-0.05, 0) is 20.3 Å². The summed E-state index contributed by atoms with van der Waals surface area (Å²) in [6.45, 7) is 5.73. The monoisotopic (exact) mass is 195 g/mol. The molecule has 0 saturated carbocycles. The molecule has 0 aromatic heterocycles. The first kappa shape index (κ1) is 10.8. The van der Waals surface area contributed by atoms with Crippen LogP contribution in [0.15, 0.2) is 11.8 Å². The maximum absolute atomic E-state index is 11.8. The first-order valence-corrected chi connectivity index (χ1v) is 4.88. The van der Waals surface area contributed by atoms with E-state index in [0.29, 0.717) is 5.57 Å². The van der Waals surface area contributed by atoms with Crippen molar-refractivity contribution in [3.63, 3.8) is 0 Å². The van der Waals surface area contributed by atoms with Gasteiger partial charge in [0.05, 0.1) is 5.92 Å². The van der Waals surface area contributed by atoms with Gasteiger partial charge in [-0.15, -0.1) is 0 Å². The molecule has 14 heavy (non-hydrogen) atoms. The standard InChI is InChI=1S/C10H17N3O/c1-4-6(2)13-9(12)8(5-11)7(3)10(13)14/h5-7,12H,4,11H2,1-3H3/t6-,7?/m0/s1. The zero-order chi connectivity index (χ0) is 10.9. The summed E-state index contributed by atoms with van der Waals surface area (Å²) in [5, 5.41) is 7.81. The molecule has 0 radical (unpaired) electrons. The predicted octanol–water partition coefficient (Wildman–Crippen LogP) is 1.08. The van der Waals surface area contributed by atoms with Crippen LogP contribution in [0.25, 0.3) is 0 Å². The van der Waals surface area contributed by atoms with Crippen molar-refractivity contribution >= 4 is 11.7 Å². The largest absolute Gasteiger partial charge is 0.404 e. The summed E-state index contributed by atoms with van der Waals surface area (Å²) >= 11 is 0. The average molecular weight is 195 g/mol. The molecular formula is C10H17N3O. The minimum atomic E-state index is -0.263. The Kier molecular flexibility index (Phi) is 2.93. The Hall–Kier alpha value is -1.32. The van der Waals surface area contributed by atoms with Gasteiger partial charge in [0.1, 0.15) is 5.84 Å². The van der Waals surface area contributed by atoms with Crippen molar-refractivity contribution in [2.75, 3.05) is 0 Å². The number of nitrogens with one attached hydrogen (secondary N) is 1. The highest BCUT2D eigenvalue weighted by atomic mass is 16.2. The van der Waals surface area contributed by atoms with Gasteiger partial charge in [-0.25, -0.2) is 0 Å². The van der Waals surface area contributed by atoms with Crippen LogP contribution in [0, 0.1) is 11.3 Å². The van der Waals surface area contributed by atoms with Gasteiger partial charge in [0.15, 0.2) is 0 Å². The summed E-state index contributed by atoms with van der Waals surface area (Å²) in [6.07, 6.45) is 2.21. The summed E-state index contributed by atoms with van der Waals surface area (Å²) in [5.74, 6) is -0.0121. The third kappa shape index (κ3) is 1.41. The van der Waals surface area contributed by atoms with Crippen LogP contribution < -0.4 is 5.73 Å². The van der Waals surface area contributed by atoms with Gasteiger partial charge in [-0.2, -0.15) is 0 Å². The van der Waals surface area contributed by atoms with E-state index in [1.807, 2.05) is 13.8 Å². The fourth-order valence-corrected chi connectivity index (χ4v) is 1.64. The Morgan fingerprint density at radius 2 is 2.29 bits per heavy atom. The number of hydrogen-bond acceptors (Lipinski definition) is 3. The summed E-state index contributed by atoms with van der Waals surface area (Å²) in [4.78, 5) is 13.3. The Morgan fingerprint density at radius 3 is 2.64 bits per heavy atom. The van der Waals surface area contributed by atoms with E-state index >= 15 is 0 Å². The van der Waals surface area contributed by atoms with Crippen LogP contribution >= 0.6 is 0 Å². The third-order valence-electron chi connectivity index (χ3n) is 2.80. The normalized spacial score (nSPS) is 27.5. The number of amides is 1. The minimum Gasteiger partial charge on any atom is -0.404 e. The predicted molar refractivity (Wildman–Crippen MR) is 55.8 cm³/mol. The number of amidine groups is 1. The number of likely N-dealkylation sites (tertiary alicyclic amines) is 1. The Balaban J connectivity index is 3.01. The quantitative estimate of drug-likeness (QED) is 0.692. The fourth-order valence-electron chi connectivity index (χ4n) is 1.64. The van der Waals surface area contributed by atoms with Crippen LogP contribution in [-0.4, -0.2) is 22.7 Å². The van der Waals surface area contributed by atoms with Crippen LogP contribution in [-0.2, 0) is 4.79 Å². The van der Waals surface area contributed by atoms with Gasteiger partial charge in [0, 0.05) is 17.8 Å². The molecule has 0 aromatic carbocycles. The summed E-state index contributed by atoms with van der Waals surface area (Å²) in [6, 6.07) is 0.0786. The Bertz CT molecular complexity index is 296. The lowest BCUT2D eigenvalue weighted by Crippen LogP contribution is -2.37. The van der Waals surface area contributed by atoms with E-state index in [0.717, 1.165) is 6.42 Å². The van der Waals surface area contributed by atoms with E-state index < -0.39 is 0 Å². The molecule has 1 aliphatic rings. The lowest BCUT2D eigenvalue weighted by Gasteiger charge is -2.22. The van der Waals surface area contributed by atoms with E-state index in [2.05, 4.69) is 0 Å². The molecule has 4 heteroatoms. The van der Waals surface area contributed by atoms with E-state index in [4.69, 9.17) is 11.1 Å². The number of rotatable bonds is 2. The van der Waals surface area contributed by atoms with Crippen LogP contribution in [0.5, 0.6) is 0 Å². The van der Waals surface area contributed by atoms with Crippen molar-refractivity contribution < 1.29 is 4.79 Å². The molecule has 1 heterocycles. The third-order valence-corrected chi connectivity index (χ3v) is 2.80. The second-order valence-electron chi connectivity index (χ2n) is 3.66. The lowest BCUT2D eigenvalue weighted by atomic mass is 10.1. The molecule has 2 atom stereocenters. The average Bonchev–Trinajstić information content (AvgIpc) is 2.38. The SMILES string of the molecule is CC[C@H](C)N1C(=N)C(=CN)C(C)C1=O. The molecular weight excluding hydrogens is 178 g/mol. The highest BCUT2D eigenvalue weighted by Crippen LogP contribution is 2.27. The second kappa shape index (κ2) is 3.82. The molecule has 3 N–H and O–H groups in total. The van der Waals surface area contributed by atoms with Crippen molar-refractivity contribution in [2.24, 2.45) is 11.7 Å². The van der Waals surface area contributed by atoms with E-state index in [9.17, 15) is 4.79 Å². The fraction of sp³-hybridized carbons (Fsp3) is 0.600. The van der Waals surface area contributed by atoms with E-state index in [1.165, 1.54) is 11.1 Å². The molecule has 0 aliphatic carbocycles. The molecule has 1 aliphatic heterocycles. The molecule has 4 nitrogen and oxygen atoms in total. The number of carbonyl (C=O) groups excluding carboxylic acids is 1. The minimum absolute atomic E-state index is 0.0129. The van der Waals surface area contributed by atoms with Gasteiger partial charge in [-0.3, -0.25) is 15.1 Å². The Labute approximate surface area is 84.3 Å². The van der Waals surface area contributed by atoms with E-state index in [-0.39, 0.29) is 23.7 Å². The molecule has 1 saturated heterocycles. The van der Waals surface area contributed by atoms with Crippen molar-refractivity contribution in [3.8, 4) is 0 Å². The molecule has 1 rings (SSSR count). The number of carbonyl (C=O) groups is 1. The van der Waals surface area contributed by atoms with Gasteiger partial charge >= 0.3 is 0 Å². The molecule has 78 valence electrons. The van der Waals surface area contributed by atoms with Crippen LogP contribution in [0.3, 0.4) is 0 Å². The summed E-state index contributed by atoms with van der Waals surface area (Å²) in [5.41, 5.74) is 6.03. The van der Waals surface area contributed by atoms with Crippen molar-refractivity contribution in [1.29, 1.82) is 5.41 Å². The molecule has 1 unspecified atom stereocenters. The van der Waals surface area contributed by atoms with Gasteiger partial charge in [-0.1, -0.05) is 6.92 Å². The maximum Gasteiger partial charge on any atom is 0.235 e. The number of nitrogens with zero attached hydrogens (tertiary/aromatic N) is 1. The smallest absolute Gasteiger partial charge is 0.235 e. The first-order valence-electron chi connectivity index (χ1n) is 4.88. The van der Waals surface area contributed by atoms with E-state index in [1.54, 1.807) is 6.92 Å². The number of hydrogen-bond donors (Lipinski definition) is 2. The lowest BCUT2D eigenvalue weighted by molar-refractivity contribution is -0.129. The van der Waals surface area contributed by atoms with Crippen molar-refractivity contribution in [1.82, 2.24) is 4.90 Å². The van der Waals surface area contributed by atoms with Crippen molar-refractivity contribution in [3.05, 3.63) is 11.8 Å². The van der Waals surface area contributed by atoms with Crippen molar-refractivity contribution in [2.45, 2.75) is 33.2 Å². The highest BCUT2D eigenvalue weighted by molar-refractivity contribution is 6.16. The summed E-state index contributed by atoms with van der Waals surface area (Å²) < 4.78 is 0. The highest BCUT2D eigenvalue weighted by Gasteiger charge is 2.39. The molecule has 1 amide bonds. The zero-order valence-corrected chi connectivity index (χ0v) is 8.87. The van der Waals surface area contributed by atoms with Crippen LogP contribution in [0.4, 0.5) is 0 Å². The molecule has 0 spiro atoms. The van der Waals surface area contributed by atoms with Gasteiger partial charge in [0.25, 0.3) is 0 Å². The number of nitrogens with two attached hydrogens (primary N) is 1. The van der Waals surface area contributed by atoms with Crippen LogP contribution in [0.2, 0.25) is 0 Å². The summed E-state index contributed by atoms with van der Waals surface area (Å²) in [7, 11) is 0. The second-order valence-corrected chi connectivity index (χ2v) is 3.66. The maximum atomic E-state index is 11.8. The van der Waals surface area contributed by atoms with Gasteiger partial charge in [0.2, 0.25) is 5.91 Å². The molecule has 1 fully saturated rings. The topological polar surface area (TPSA) is 70.2 Å². The zero-order valence-electron chi connectivity index (χ0n) is 8.87. The molecule has 0 bridgehead atoms.